The number of pyridine rings is 1. The van der Waals surface area contributed by atoms with Crippen molar-refractivity contribution >= 4 is 16.9 Å². The lowest BCUT2D eigenvalue weighted by Gasteiger charge is -2.13. The van der Waals surface area contributed by atoms with Crippen LogP contribution in [0.25, 0.3) is 10.9 Å². The summed E-state index contributed by atoms with van der Waals surface area (Å²) < 4.78 is 5.17. The van der Waals surface area contributed by atoms with Gasteiger partial charge in [0.15, 0.2) is 5.75 Å². The second kappa shape index (κ2) is 4.29. The molecule has 0 aliphatic rings. The maximum atomic E-state index is 11.4. The minimum absolute atomic E-state index is 0.183. The lowest BCUT2D eigenvalue weighted by Crippen LogP contribution is -2.06. The van der Waals surface area contributed by atoms with Gasteiger partial charge in [0.1, 0.15) is 5.56 Å². The molecule has 0 atom stereocenters. The number of aryl methyl sites for hydroxylation is 3. The number of nitrogens with zero attached hydrogens (tertiary/aromatic N) is 1. The van der Waals surface area contributed by atoms with E-state index in [4.69, 9.17) is 4.74 Å². The van der Waals surface area contributed by atoms with Crippen molar-refractivity contribution in [2.45, 2.75) is 20.8 Å². The van der Waals surface area contributed by atoms with Crippen LogP contribution in [0.3, 0.4) is 0 Å². The summed E-state index contributed by atoms with van der Waals surface area (Å²) in [5, 5.41) is 9.99. The molecule has 0 radical (unpaired) electrons. The summed E-state index contributed by atoms with van der Waals surface area (Å²) in [7, 11) is 1.46. The van der Waals surface area contributed by atoms with Crippen molar-refractivity contribution in [3.8, 4) is 5.75 Å². The number of methoxy groups -OCH3 is 1. The number of carbonyl (C=O) groups is 1. The van der Waals surface area contributed by atoms with E-state index in [1.165, 1.54) is 7.11 Å². The molecule has 0 bridgehead atoms. The zero-order chi connectivity index (χ0) is 13.4. The van der Waals surface area contributed by atoms with E-state index in [9.17, 15) is 9.90 Å². The SMILES string of the molecule is COc1c(C)nc2c(C)c(C)ccc2c1C(=O)O. The number of hydrogen-bond donors (Lipinski definition) is 1. The van der Waals surface area contributed by atoms with Crippen molar-refractivity contribution in [2.75, 3.05) is 7.11 Å². The van der Waals surface area contributed by atoms with Gasteiger partial charge in [0.05, 0.1) is 18.3 Å². The number of fused-ring (bicyclic) bond motifs is 1. The van der Waals surface area contributed by atoms with Crippen LogP contribution in [0.4, 0.5) is 0 Å². The summed E-state index contributed by atoms with van der Waals surface area (Å²) in [6, 6.07) is 3.69. The Bertz CT molecular complexity index is 647. The maximum Gasteiger partial charge on any atom is 0.340 e. The highest BCUT2D eigenvalue weighted by molar-refractivity contribution is 6.06. The van der Waals surface area contributed by atoms with Crippen LogP contribution >= 0.6 is 0 Å². The number of aromatic nitrogens is 1. The summed E-state index contributed by atoms with van der Waals surface area (Å²) in [4.78, 5) is 15.9. The van der Waals surface area contributed by atoms with Gasteiger partial charge in [-0.1, -0.05) is 12.1 Å². The third-order valence-electron chi connectivity index (χ3n) is 3.22. The lowest BCUT2D eigenvalue weighted by atomic mass is 10.0. The average molecular weight is 245 g/mol. The maximum absolute atomic E-state index is 11.4. The molecule has 0 saturated carbocycles. The Morgan fingerprint density at radius 2 is 1.94 bits per heavy atom. The smallest absolute Gasteiger partial charge is 0.340 e. The van der Waals surface area contributed by atoms with Crippen molar-refractivity contribution in [1.82, 2.24) is 4.98 Å². The van der Waals surface area contributed by atoms with Crippen LogP contribution in [-0.4, -0.2) is 23.2 Å². The highest BCUT2D eigenvalue weighted by atomic mass is 16.5. The zero-order valence-electron chi connectivity index (χ0n) is 10.9. The molecule has 18 heavy (non-hydrogen) atoms. The zero-order valence-corrected chi connectivity index (χ0v) is 10.9. The van der Waals surface area contributed by atoms with E-state index in [1.807, 2.05) is 19.9 Å². The lowest BCUT2D eigenvalue weighted by molar-refractivity contribution is 0.0695. The summed E-state index contributed by atoms with van der Waals surface area (Å²) in [6.45, 7) is 5.69. The summed E-state index contributed by atoms with van der Waals surface area (Å²) >= 11 is 0. The predicted octanol–water partition coefficient (Wildman–Crippen LogP) is 2.87. The van der Waals surface area contributed by atoms with Crippen LogP contribution in [0.5, 0.6) is 5.75 Å². The highest BCUT2D eigenvalue weighted by Crippen LogP contribution is 2.31. The number of rotatable bonds is 2. The van der Waals surface area contributed by atoms with Gasteiger partial charge in [0, 0.05) is 5.39 Å². The average Bonchev–Trinajstić information content (AvgIpc) is 2.32. The second-order valence-electron chi connectivity index (χ2n) is 4.31. The largest absolute Gasteiger partial charge is 0.494 e. The Labute approximate surface area is 105 Å². The van der Waals surface area contributed by atoms with E-state index in [0.29, 0.717) is 16.8 Å². The van der Waals surface area contributed by atoms with Crippen LogP contribution in [0.1, 0.15) is 27.2 Å². The molecule has 0 unspecified atom stereocenters. The third kappa shape index (κ3) is 1.70. The van der Waals surface area contributed by atoms with Crippen LogP contribution < -0.4 is 4.74 Å². The molecule has 1 aromatic heterocycles. The molecule has 4 nitrogen and oxygen atoms in total. The number of ether oxygens (including phenoxy) is 1. The summed E-state index contributed by atoms with van der Waals surface area (Å²) in [6.07, 6.45) is 0. The normalized spacial score (nSPS) is 10.7. The van der Waals surface area contributed by atoms with Gasteiger partial charge in [-0.25, -0.2) is 9.78 Å². The molecule has 0 aliphatic carbocycles. The van der Waals surface area contributed by atoms with Crippen molar-refractivity contribution in [3.63, 3.8) is 0 Å². The van der Waals surface area contributed by atoms with Gasteiger partial charge in [-0.05, 0) is 31.9 Å². The van der Waals surface area contributed by atoms with Gasteiger partial charge in [-0.3, -0.25) is 0 Å². The van der Waals surface area contributed by atoms with Gasteiger partial charge >= 0.3 is 5.97 Å². The van der Waals surface area contributed by atoms with Gasteiger partial charge in [-0.15, -0.1) is 0 Å². The number of hydrogen-bond acceptors (Lipinski definition) is 3. The van der Waals surface area contributed by atoms with Crippen LogP contribution in [0.15, 0.2) is 12.1 Å². The molecule has 1 N–H and O–H groups in total. The molecule has 94 valence electrons. The molecule has 0 saturated heterocycles. The molecule has 1 aromatic carbocycles. The molecular weight excluding hydrogens is 230 g/mol. The topological polar surface area (TPSA) is 59.4 Å². The molecular formula is C14H15NO3. The number of carboxylic acids is 1. The first-order valence-corrected chi connectivity index (χ1v) is 5.65. The molecule has 0 aliphatic heterocycles. The first-order chi connectivity index (χ1) is 8.47. The molecule has 2 aromatic rings. The molecule has 2 rings (SSSR count). The van der Waals surface area contributed by atoms with Crippen molar-refractivity contribution in [2.24, 2.45) is 0 Å². The first-order valence-electron chi connectivity index (χ1n) is 5.65. The standard InChI is InChI=1S/C14H15NO3/c1-7-5-6-10-11(14(16)17)13(18-4)9(3)15-12(10)8(7)2/h5-6H,1-4H3,(H,16,17). The fraction of sp³-hybridized carbons (Fsp3) is 0.286. The Kier molecular flexibility index (Phi) is 2.95. The molecule has 1 heterocycles. The quantitative estimate of drug-likeness (QED) is 0.883. The Hall–Kier alpha value is -2.10. The highest BCUT2D eigenvalue weighted by Gasteiger charge is 2.20. The van der Waals surface area contributed by atoms with Crippen LogP contribution in [0.2, 0.25) is 0 Å². The van der Waals surface area contributed by atoms with Gasteiger partial charge in [0.2, 0.25) is 0 Å². The summed E-state index contributed by atoms with van der Waals surface area (Å²) in [5.41, 5.74) is 3.60. The fourth-order valence-electron chi connectivity index (χ4n) is 2.13. The van der Waals surface area contributed by atoms with E-state index >= 15 is 0 Å². The predicted molar refractivity (Wildman–Crippen MR) is 69.5 cm³/mol. The van der Waals surface area contributed by atoms with Crippen LogP contribution in [-0.2, 0) is 0 Å². The van der Waals surface area contributed by atoms with Gasteiger partial charge in [0.25, 0.3) is 0 Å². The van der Waals surface area contributed by atoms with E-state index < -0.39 is 5.97 Å². The Balaban J connectivity index is 3.00. The van der Waals surface area contributed by atoms with E-state index in [1.54, 1.807) is 13.0 Å². The number of aromatic carboxylic acids is 1. The Morgan fingerprint density at radius 1 is 1.28 bits per heavy atom. The third-order valence-corrected chi connectivity index (χ3v) is 3.22. The molecule has 4 heteroatoms. The molecule has 0 amide bonds. The first kappa shape index (κ1) is 12.4. The molecule has 0 fully saturated rings. The van der Waals surface area contributed by atoms with Crippen molar-refractivity contribution in [1.29, 1.82) is 0 Å². The van der Waals surface area contributed by atoms with Gasteiger partial charge in [-0.2, -0.15) is 0 Å². The summed E-state index contributed by atoms with van der Waals surface area (Å²) in [5.74, 6) is -0.663. The van der Waals surface area contributed by atoms with Gasteiger partial charge < -0.3 is 9.84 Å². The number of carboxylic acid groups (broad SMARTS) is 1. The van der Waals surface area contributed by atoms with E-state index in [-0.39, 0.29) is 5.56 Å². The minimum Gasteiger partial charge on any atom is -0.494 e. The van der Waals surface area contributed by atoms with Crippen molar-refractivity contribution in [3.05, 3.63) is 34.5 Å². The number of benzene rings is 1. The van der Waals surface area contributed by atoms with Crippen molar-refractivity contribution < 1.29 is 14.6 Å². The second-order valence-corrected chi connectivity index (χ2v) is 4.31. The Morgan fingerprint density at radius 3 is 2.50 bits per heavy atom. The van der Waals surface area contributed by atoms with E-state index in [2.05, 4.69) is 4.98 Å². The minimum atomic E-state index is -0.995. The van der Waals surface area contributed by atoms with Crippen LogP contribution in [0, 0.1) is 20.8 Å². The fourth-order valence-corrected chi connectivity index (χ4v) is 2.13. The molecule has 0 spiro atoms. The van der Waals surface area contributed by atoms with E-state index in [0.717, 1.165) is 16.6 Å². The monoisotopic (exact) mass is 245 g/mol.